The Morgan fingerprint density at radius 1 is 1.00 bits per heavy atom. The first kappa shape index (κ1) is 17.1. The third-order valence-corrected chi connectivity index (χ3v) is 3.65. The monoisotopic (exact) mass is 374 g/mol. The molecule has 3 aromatic rings. The van der Waals surface area contributed by atoms with Gasteiger partial charge in [0.15, 0.2) is 0 Å². The summed E-state index contributed by atoms with van der Waals surface area (Å²) in [5.74, 6) is -0.497. The molecule has 0 bridgehead atoms. The molecule has 0 amide bonds. The number of ether oxygens (including phenoxy) is 1. The number of benzene rings is 2. The number of carbonyl (C=O) groups is 1. The van der Waals surface area contributed by atoms with Crippen molar-refractivity contribution in [3.05, 3.63) is 81.6 Å². The Labute approximate surface area is 153 Å². The highest BCUT2D eigenvalue weighted by Crippen LogP contribution is 2.14. The van der Waals surface area contributed by atoms with Gasteiger partial charge in [-0.15, -0.1) is 15.0 Å². The maximum atomic E-state index is 12.4. The molecule has 0 N–H and O–H groups in total. The zero-order valence-electron chi connectivity index (χ0n) is 13.1. The number of carbonyl (C=O) groups excluding carboxylic acids is 1. The molecule has 6 nitrogen and oxygen atoms in total. The van der Waals surface area contributed by atoms with Crippen molar-refractivity contribution < 1.29 is 9.53 Å². The van der Waals surface area contributed by atoms with Crippen LogP contribution in [0.4, 0.5) is 0 Å². The molecule has 1 aromatic heterocycles. The minimum Gasteiger partial charge on any atom is -0.402 e. The number of esters is 1. The molecule has 3 rings (SSSR count). The molecule has 0 unspecified atom stereocenters. The highest BCUT2D eigenvalue weighted by Gasteiger charge is 2.14. The van der Waals surface area contributed by atoms with Crippen LogP contribution in [0.15, 0.2) is 59.8 Å². The van der Waals surface area contributed by atoms with Gasteiger partial charge in [0.25, 0.3) is 0 Å². The molecular formula is C17H12Cl2N4O2. The summed E-state index contributed by atoms with van der Waals surface area (Å²) in [6.07, 6.45) is 1.60. The van der Waals surface area contributed by atoms with Gasteiger partial charge in [0, 0.05) is 15.6 Å². The second-order valence-corrected chi connectivity index (χ2v) is 5.96. The van der Waals surface area contributed by atoms with E-state index in [0.29, 0.717) is 26.9 Å². The van der Waals surface area contributed by atoms with Crippen molar-refractivity contribution in [3.63, 3.8) is 0 Å². The number of hydrogen-bond acceptors (Lipinski definition) is 5. The Kier molecular flexibility index (Phi) is 5.11. The van der Waals surface area contributed by atoms with Gasteiger partial charge in [-0.05, 0) is 60.7 Å². The molecule has 0 atom stereocenters. The van der Waals surface area contributed by atoms with Gasteiger partial charge in [-0.3, -0.25) is 0 Å². The predicted octanol–water partition coefficient (Wildman–Crippen LogP) is 3.96. The summed E-state index contributed by atoms with van der Waals surface area (Å²) in [5.41, 5.74) is 1.60. The number of aromatic nitrogens is 3. The summed E-state index contributed by atoms with van der Waals surface area (Å²) in [6.45, 7) is 1.78. The maximum Gasteiger partial charge on any atom is 0.344 e. The average molecular weight is 375 g/mol. The van der Waals surface area contributed by atoms with Crippen molar-refractivity contribution in [2.24, 2.45) is 5.10 Å². The zero-order chi connectivity index (χ0) is 17.8. The minimum absolute atomic E-state index is 0.0708. The van der Waals surface area contributed by atoms with Crippen molar-refractivity contribution in [1.29, 1.82) is 0 Å². The number of aryl methyl sites for hydroxylation is 1. The SMILES string of the molecule is Cc1cn(/N=C(/OC(=O)c2ccc(Cl)cc2)c2ccc(Cl)cc2)nn1. The van der Waals surface area contributed by atoms with E-state index in [2.05, 4.69) is 15.4 Å². The fraction of sp³-hybridized carbons (Fsp3) is 0.0588. The first-order chi connectivity index (χ1) is 12.0. The lowest BCUT2D eigenvalue weighted by Gasteiger charge is -2.08. The molecule has 0 aliphatic rings. The second-order valence-electron chi connectivity index (χ2n) is 5.09. The van der Waals surface area contributed by atoms with E-state index in [1.54, 1.807) is 61.7 Å². The van der Waals surface area contributed by atoms with E-state index >= 15 is 0 Å². The second kappa shape index (κ2) is 7.46. The Hall–Kier alpha value is -2.70. The van der Waals surface area contributed by atoms with Gasteiger partial charge in [-0.25, -0.2) is 4.79 Å². The van der Waals surface area contributed by atoms with Gasteiger partial charge < -0.3 is 4.74 Å². The molecule has 0 fully saturated rings. The molecule has 2 aromatic carbocycles. The van der Waals surface area contributed by atoms with Crippen LogP contribution >= 0.6 is 23.2 Å². The molecule has 25 heavy (non-hydrogen) atoms. The van der Waals surface area contributed by atoms with Crippen molar-refractivity contribution >= 4 is 35.1 Å². The first-order valence-electron chi connectivity index (χ1n) is 7.23. The van der Waals surface area contributed by atoms with Crippen molar-refractivity contribution in [1.82, 2.24) is 15.1 Å². The summed E-state index contributed by atoms with van der Waals surface area (Å²) in [4.78, 5) is 13.6. The highest BCUT2D eigenvalue weighted by molar-refractivity contribution is 6.31. The molecule has 126 valence electrons. The molecular weight excluding hydrogens is 363 g/mol. The molecule has 0 saturated heterocycles. The van der Waals surface area contributed by atoms with Gasteiger partial charge in [-0.1, -0.05) is 23.2 Å². The van der Waals surface area contributed by atoms with Crippen LogP contribution in [-0.2, 0) is 4.74 Å². The van der Waals surface area contributed by atoms with E-state index in [1.807, 2.05) is 0 Å². The largest absolute Gasteiger partial charge is 0.402 e. The minimum atomic E-state index is -0.567. The summed E-state index contributed by atoms with van der Waals surface area (Å²) in [5, 5.41) is 13.0. The smallest absolute Gasteiger partial charge is 0.344 e. The molecule has 1 heterocycles. The fourth-order valence-electron chi connectivity index (χ4n) is 1.94. The molecule has 0 aliphatic carbocycles. The van der Waals surface area contributed by atoms with Crippen LogP contribution < -0.4 is 0 Å². The van der Waals surface area contributed by atoms with Gasteiger partial charge in [0.05, 0.1) is 17.5 Å². The van der Waals surface area contributed by atoms with E-state index in [4.69, 9.17) is 27.9 Å². The Morgan fingerprint density at radius 2 is 1.56 bits per heavy atom. The van der Waals surface area contributed by atoms with Gasteiger partial charge in [-0.2, -0.15) is 0 Å². The average Bonchev–Trinajstić information content (AvgIpc) is 3.00. The first-order valence-corrected chi connectivity index (χ1v) is 7.98. The highest BCUT2D eigenvalue weighted by atomic mass is 35.5. The molecule has 8 heteroatoms. The molecule has 0 aliphatic heterocycles. The molecule has 0 spiro atoms. The van der Waals surface area contributed by atoms with Crippen LogP contribution in [0.2, 0.25) is 10.0 Å². The van der Waals surface area contributed by atoms with Gasteiger partial charge in [0.2, 0.25) is 5.90 Å². The quantitative estimate of drug-likeness (QED) is 0.395. The summed E-state index contributed by atoms with van der Waals surface area (Å²) in [6, 6.07) is 13.1. The third-order valence-electron chi connectivity index (χ3n) is 3.15. The summed E-state index contributed by atoms with van der Waals surface area (Å²) in [7, 11) is 0. The van der Waals surface area contributed by atoms with E-state index in [9.17, 15) is 4.79 Å². The Bertz CT molecular complexity index is 919. The zero-order valence-corrected chi connectivity index (χ0v) is 14.6. The van der Waals surface area contributed by atoms with Crippen LogP contribution in [0.1, 0.15) is 21.6 Å². The summed E-state index contributed by atoms with van der Waals surface area (Å²) < 4.78 is 5.45. The predicted molar refractivity (Wildman–Crippen MR) is 95.0 cm³/mol. The molecule has 0 radical (unpaired) electrons. The lowest BCUT2D eigenvalue weighted by atomic mass is 10.2. The normalized spacial score (nSPS) is 11.4. The number of hydrogen-bond donors (Lipinski definition) is 0. The van der Waals surface area contributed by atoms with E-state index in [1.165, 1.54) is 4.79 Å². The Morgan fingerprint density at radius 3 is 2.08 bits per heavy atom. The van der Waals surface area contributed by atoms with E-state index in [-0.39, 0.29) is 5.90 Å². The third kappa shape index (κ3) is 4.43. The lowest BCUT2D eigenvalue weighted by molar-refractivity contribution is 0.0716. The van der Waals surface area contributed by atoms with Crippen molar-refractivity contribution in [3.8, 4) is 0 Å². The van der Waals surface area contributed by atoms with Gasteiger partial charge in [0.1, 0.15) is 0 Å². The lowest BCUT2D eigenvalue weighted by Crippen LogP contribution is -2.15. The van der Waals surface area contributed by atoms with Crippen LogP contribution in [0, 0.1) is 6.92 Å². The topological polar surface area (TPSA) is 69.4 Å². The van der Waals surface area contributed by atoms with E-state index < -0.39 is 5.97 Å². The standard InChI is InChI=1S/C17H12Cl2N4O2/c1-11-10-23(22-20-11)21-16(12-2-6-14(18)7-3-12)25-17(24)13-4-8-15(19)9-5-13/h2-10H,1H3/b21-16+. The summed E-state index contributed by atoms with van der Waals surface area (Å²) >= 11 is 11.7. The van der Waals surface area contributed by atoms with Crippen molar-refractivity contribution in [2.45, 2.75) is 6.92 Å². The van der Waals surface area contributed by atoms with Crippen LogP contribution in [-0.4, -0.2) is 27.0 Å². The Balaban J connectivity index is 1.93. The van der Waals surface area contributed by atoms with Gasteiger partial charge >= 0.3 is 5.97 Å². The van der Waals surface area contributed by atoms with Crippen LogP contribution in [0.25, 0.3) is 0 Å². The number of rotatable bonds is 3. The van der Waals surface area contributed by atoms with Crippen LogP contribution in [0.5, 0.6) is 0 Å². The van der Waals surface area contributed by atoms with Crippen LogP contribution in [0.3, 0.4) is 0 Å². The number of nitrogens with zero attached hydrogens (tertiary/aromatic N) is 4. The van der Waals surface area contributed by atoms with Crippen molar-refractivity contribution in [2.75, 3.05) is 0 Å². The molecule has 0 saturated carbocycles. The number of halogens is 2. The maximum absolute atomic E-state index is 12.4. The van der Waals surface area contributed by atoms with E-state index in [0.717, 1.165) is 0 Å². The fourth-order valence-corrected chi connectivity index (χ4v) is 2.19.